The number of benzene rings is 1. The van der Waals surface area contributed by atoms with Gasteiger partial charge < -0.3 is 19.1 Å². The highest BCUT2D eigenvalue weighted by Gasteiger charge is 2.32. The average Bonchev–Trinajstić information content (AvgIpc) is 2.99. The molecule has 1 unspecified atom stereocenters. The zero-order valence-corrected chi connectivity index (χ0v) is 20.1. The van der Waals surface area contributed by atoms with E-state index >= 15 is 0 Å². The molecule has 32 heavy (non-hydrogen) atoms. The molecule has 2 fully saturated rings. The quantitative estimate of drug-likeness (QED) is 0.569. The number of carbonyl (C=O) groups excluding carboxylic acids is 3. The van der Waals surface area contributed by atoms with Crippen LogP contribution in [0.4, 0.5) is 0 Å². The van der Waals surface area contributed by atoms with Gasteiger partial charge in [-0.25, -0.2) is 0 Å². The zero-order chi connectivity index (χ0) is 23.0. The number of hydrogen-bond acceptors (Lipinski definition) is 4. The number of ether oxygens (including phenoxy) is 1. The number of carbonyl (C=O) groups is 3. The maximum absolute atomic E-state index is 13.5. The van der Waals surface area contributed by atoms with Crippen LogP contribution < -0.4 is 0 Å². The Balaban J connectivity index is 1.56. The van der Waals surface area contributed by atoms with Crippen LogP contribution in [0.5, 0.6) is 0 Å². The molecule has 0 spiro atoms. The van der Waals surface area contributed by atoms with Gasteiger partial charge in [0.1, 0.15) is 0 Å². The number of morpholine rings is 1. The van der Waals surface area contributed by atoms with Crippen LogP contribution >= 0.6 is 15.9 Å². The number of amides is 2. The minimum Gasteiger partial charge on any atom is -0.375 e. The number of aromatic nitrogens is 1. The van der Waals surface area contributed by atoms with Gasteiger partial charge in [0.2, 0.25) is 5.91 Å². The summed E-state index contributed by atoms with van der Waals surface area (Å²) >= 11 is 3.52. The van der Waals surface area contributed by atoms with Crippen molar-refractivity contribution in [1.29, 1.82) is 0 Å². The molecule has 2 saturated heterocycles. The number of halogens is 1. The standard InChI is InChI=1S/C24H28BrN3O4/c1-4-22(30)27-12-17(13-27)9-19(29)14-28-16(3)23(20-10-18(25)5-6-21(20)28)24(31)26-7-8-32-15(2)11-26/h4-6,10,15,17H,1,7-9,11-14H2,2-3H3. The summed E-state index contributed by atoms with van der Waals surface area (Å²) in [5.74, 6) is 0.165. The molecule has 0 radical (unpaired) electrons. The van der Waals surface area contributed by atoms with Crippen molar-refractivity contribution >= 4 is 44.4 Å². The van der Waals surface area contributed by atoms with E-state index in [0.29, 0.717) is 44.8 Å². The van der Waals surface area contributed by atoms with Crippen molar-refractivity contribution in [3.05, 3.63) is 46.6 Å². The molecule has 0 bridgehead atoms. The first-order chi connectivity index (χ1) is 15.3. The van der Waals surface area contributed by atoms with Gasteiger partial charge in [0.05, 0.1) is 24.8 Å². The Morgan fingerprint density at radius 2 is 1.97 bits per heavy atom. The molecule has 170 valence electrons. The van der Waals surface area contributed by atoms with Crippen LogP contribution in [0, 0.1) is 12.8 Å². The van der Waals surface area contributed by atoms with Crippen LogP contribution in [0.1, 0.15) is 29.4 Å². The van der Waals surface area contributed by atoms with E-state index in [2.05, 4.69) is 22.5 Å². The molecular weight excluding hydrogens is 474 g/mol. The van der Waals surface area contributed by atoms with E-state index in [9.17, 15) is 14.4 Å². The molecule has 7 nitrogen and oxygen atoms in total. The summed E-state index contributed by atoms with van der Waals surface area (Å²) < 4.78 is 8.43. The van der Waals surface area contributed by atoms with Gasteiger partial charge in [-0.2, -0.15) is 0 Å². The maximum atomic E-state index is 13.5. The smallest absolute Gasteiger partial charge is 0.256 e. The van der Waals surface area contributed by atoms with Crippen molar-refractivity contribution in [3.63, 3.8) is 0 Å². The van der Waals surface area contributed by atoms with Crippen LogP contribution in [-0.4, -0.2) is 70.9 Å². The summed E-state index contributed by atoms with van der Waals surface area (Å²) in [5.41, 5.74) is 2.32. The van der Waals surface area contributed by atoms with Gasteiger partial charge in [-0.15, -0.1) is 0 Å². The number of ketones is 1. The fraction of sp³-hybridized carbons (Fsp3) is 0.458. The number of rotatable bonds is 6. The van der Waals surface area contributed by atoms with Gasteiger partial charge in [0.15, 0.2) is 5.78 Å². The van der Waals surface area contributed by atoms with Gasteiger partial charge >= 0.3 is 0 Å². The lowest BCUT2D eigenvalue weighted by molar-refractivity contribution is -0.134. The van der Waals surface area contributed by atoms with E-state index in [0.717, 1.165) is 21.1 Å². The van der Waals surface area contributed by atoms with Crippen molar-refractivity contribution in [2.75, 3.05) is 32.8 Å². The lowest BCUT2D eigenvalue weighted by Crippen LogP contribution is -2.50. The fourth-order valence-electron chi connectivity index (χ4n) is 4.66. The number of Topliss-reactive ketones (excluding diaryl/α,β-unsaturated/α-hetero) is 1. The molecule has 2 amide bonds. The molecule has 0 saturated carbocycles. The van der Waals surface area contributed by atoms with Crippen LogP contribution in [0.15, 0.2) is 35.3 Å². The topological polar surface area (TPSA) is 71.9 Å². The van der Waals surface area contributed by atoms with Gasteiger partial charge in [-0.05, 0) is 38.1 Å². The van der Waals surface area contributed by atoms with Crippen molar-refractivity contribution in [2.24, 2.45) is 5.92 Å². The highest BCUT2D eigenvalue weighted by atomic mass is 79.9. The number of nitrogens with zero attached hydrogens (tertiary/aromatic N) is 3. The SMILES string of the molecule is C=CC(=O)N1CC(CC(=O)Cn2c(C)c(C(=O)N3CCOC(C)C3)c3cc(Br)ccc32)C1. The van der Waals surface area contributed by atoms with Crippen molar-refractivity contribution < 1.29 is 19.1 Å². The summed E-state index contributed by atoms with van der Waals surface area (Å²) in [6.07, 6.45) is 1.73. The Morgan fingerprint density at radius 3 is 2.66 bits per heavy atom. The molecule has 1 aromatic carbocycles. The third-order valence-corrected chi connectivity index (χ3v) is 6.82. The van der Waals surface area contributed by atoms with Gasteiger partial charge in [0, 0.05) is 59.6 Å². The Bertz CT molecular complexity index is 1090. The van der Waals surface area contributed by atoms with E-state index in [4.69, 9.17) is 4.74 Å². The average molecular weight is 502 g/mol. The zero-order valence-electron chi connectivity index (χ0n) is 18.5. The van der Waals surface area contributed by atoms with Gasteiger partial charge in [-0.1, -0.05) is 22.5 Å². The molecule has 0 aliphatic carbocycles. The summed E-state index contributed by atoms with van der Waals surface area (Å²) in [7, 11) is 0. The Hall–Kier alpha value is -2.45. The number of hydrogen-bond donors (Lipinski definition) is 0. The molecule has 2 aliphatic rings. The predicted molar refractivity (Wildman–Crippen MR) is 126 cm³/mol. The molecule has 2 aliphatic heterocycles. The molecule has 3 heterocycles. The minimum absolute atomic E-state index is 0.00434. The highest BCUT2D eigenvalue weighted by Crippen LogP contribution is 2.31. The van der Waals surface area contributed by atoms with E-state index in [-0.39, 0.29) is 36.2 Å². The monoisotopic (exact) mass is 501 g/mol. The largest absolute Gasteiger partial charge is 0.375 e. The minimum atomic E-state index is -0.0906. The first kappa shape index (κ1) is 22.7. The summed E-state index contributed by atoms with van der Waals surface area (Å²) in [4.78, 5) is 41.5. The Morgan fingerprint density at radius 1 is 1.22 bits per heavy atom. The second-order valence-corrected chi connectivity index (χ2v) is 9.61. The van der Waals surface area contributed by atoms with Crippen molar-refractivity contribution in [2.45, 2.75) is 32.9 Å². The summed E-state index contributed by atoms with van der Waals surface area (Å²) in [5, 5.41) is 0.847. The van der Waals surface area contributed by atoms with Crippen LogP contribution in [0.2, 0.25) is 0 Å². The van der Waals surface area contributed by atoms with E-state index in [1.807, 2.05) is 41.5 Å². The van der Waals surface area contributed by atoms with Gasteiger partial charge in [0.25, 0.3) is 5.91 Å². The van der Waals surface area contributed by atoms with Crippen molar-refractivity contribution in [1.82, 2.24) is 14.4 Å². The first-order valence-electron chi connectivity index (χ1n) is 10.9. The molecule has 0 N–H and O–H groups in total. The number of fused-ring (bicyclic) bond motifs is 1. The van der Waals surface area contributed by atoms with Crippen LogP contribution in [-0.2, 0) is 20.9 Å². The second kappa shape index (κ2) is 9.19. The van der Waals surface area contributed by atoms with Crippen LogP contribution in [0.25, 0.3) is 10.9 Å². The van der Waals surface area contributed by atoms with Crippen LogP contribution in [0.3, 0.4) is 0 Å². The van der Waals surface area contributed by atoms with Crippen molar-refractivity contribution in [3.8, 4) is 0 Å². The summed E-state index contributed by atoms with van der Waals surface area (Å²) in [6, 6.07) is 5.83. The second-order valence-electron chi connectivity index (χ2n) is 8.70. The third kappa shape index (κ3) is 4.38. The molecule has 2 aromatic rings. The molecule has 1 aromatic heterocycles. The first-order valence-corrected chi connectivity index (χ1v) is 11.7. The lowest BCUT2D eigenvalue weighted by atomic mass is 9.94. The highest BCUT2D eigenvalue weighted by molar-refractivity contribution is 9.10. The lowest BCUT2D eigenvalue weighted by Gasteiger charge is -2.38. The maximum Gasteiger partial charge on any atom is 0.256 e. The Labute approximate surface area is 196 Å². The molecular formula is C24H28BrN3O4. The van der Waals surface area contributed by atoms with E-state index in [1.165, 1.54) is 6.08 Å². The van der Waals surface area contributed by atoms with Gasteiger partial charge in [-0.3, -0.25) is 14.4 Å². The normalized spacial score (nSPS) is 19.2. The Kier molecular flexibility index (Phi) is 6.53. The number of likely N-dealkylation sites (tertiary alicyclic amines) is 1. The third-order valence-electron chi connectivity index (χ3n) is 6.32. The molecule has 4 rings (SSSR count). The fourth-order valence-corrected chi connectivity index (χ4v) is 5.02. The van der Waals surface area contributed by atoms with E-state index in [1.54, 1.807) is 4.90 Å². The van der Waals surface area contributed by atoms with E-state index < -0.39 is 0 Å². The summed E-state index contributed by atoms with van der Waals surface area (Å²) in [6.45, 7) is 10.4. The molecule has 8 heteroatoms. The predicted octanol–water partition coefficient (Wildman–Crippen LogP) is 3.18. The molecule has 1 atom stereocenters.